The molecule has 0 saturated heterocycles. The first-order valence-corrected chi connectivity index (χ1v) is 8.49. The predicted molar refractivity (Wildman–Crippen MR) is 93.5 cm³/mol. The maximum absolute atomic E-state index is 12.4. The zero-order valence-electron chi connectivity index (χ0n) is 15.7. The number of rotatable bonds is 8. The summed E-state index contributed by atoms with van der Waals surface area (Å²) in [4.78, 5) is 40.2. The number of nitrogens with one attached hydrogen (secondary N) is 1. The monoisotopic (exact) mass is 366 g/mol. The smallest absolute Gasteiger partial charge is 0.332 e. The van der Waals surface area contributed by atoms with E-state index in [0.29, 0.717) is 12.0 Å². The maximum Gasteiger partial charge on any atom is 0.332 e. The Morgan fingerprint density at radius 1 is 1.23 bits per heavy atom. The first-order chi connectivity index (χ1) is 12.2. The molecule has 1 rings (SSSR count). The molecular weight excluding hydrogens is 340 g/mol. The fourth-order valence-corrected chi connectivity index (χ4v) is 1.90. The van der Waals surface area contributed by atoms with E-state index in [0.717, 1.165) is 0 Å². The molecule has 2 unspecified atom stereocenters. The van der Waals surface area contributed by atoms with E-state index in [-0.39, 0.29) is 24.0 Å². The zero-order chi connectivity index (χ0) is 19.9. The summed E-state index contributed by atoms with van der Waals surface area (Å²) in [5.41, 5.74) is 0.246. The Hall–Kier alpha value is -2.64. The van der Waals surface area contributed by atoms with E-state index in [1.165, 1.54) is 6.20 Å². The summed E-state index contributed by atoms with van der Waals surface area (Å²) in [7, 11) is 0. The molecule has 0 fully saturated rings. The highest BCUT2D eigenvalue weighted by molar-refractivity contribution is 5.97. The second-order valence-electron chi connectivity index (χ2n) is 6.28. The molecule has 0 spiro atoms. The quantitative estimate of drug-likeness (QED) is 0.673. The lowest BCUT2D eigenvalue weighted by atomic mass is 10.1. The molecule has 0 bridgehead atoms. The third kappa shape index (κ3) is 6.02. The highest BCUT2D eigenvalue weighted by atomic mass is 16.6. The molecule has 0 aliphatic carbocycles. The van der Waals surface area contributed by atoms with Crippen LogP contribution in [0.2, 0.25) is 0 Å². The second-order valence-corrected chi connectivity index (χ2v) is 6.28. The van der Waals surface area contributed by atoms with Crippen LogP contribution in [0, 0.1) is 12.8 Å². The second kappa shape index (κ2) is 9.74. The molecule has 1 aromatic rings. The summed E-state index contributed by atoms with van der Waals surface area (Å²) in [6, 6.07) is 0.337. The number of amides is 1. The number of ether oxygens (including phenoxy) is 2. The third-order valence-electron chi connectivity index (χ3n) is 3.69. The van der Waals surface area contributed by atoms with Gasteiger partial charge in [0.15, 0.2) is 11.7 Å². The summed E-state index contributed by atoms with van der Waals surface area (Å²) in [6.07, 6.45) is 1.56. The molecule has 0 saturated carbocycles. The standard InChI is InChI=1S/C18H26N2O6/c1-6-11(4)17(23)25-9-13(18(24)26-10(2)3)20-16(22)14-15(21)12(5)7-8-19-14/h7-8,10-11,13,21H,6,9H2,1-5H3,(H,20,22). The van der Waals surface area contributed by atoms with E-state index in [1.807, 2.05) is 6.92 Å². The van der Waals surface area contributed by atoms with Crippen LogP contribution in [0.3, 0.4) is 0 Å². The van der Waals surface area contributed by atoms with Crippen LogP contribution in [0.15, 0.2) is 12.3 Å². The van der Waals surface area contributed by atoms with Crippen molar-refractivity contribution in [3.05, 3.63) is 23.5 Å². The highest BCUT2D eigenvalue weighted by Crippen LogP contribution is 2.19. The molecule has 8 heteroatoms. The number of nitrogens with zero attached hydrogens (tertiary/aromatic N) is 1. The lowest BCUT2D eigenvalue weighted by Crippen LogP contribution is -2.46. The van der Waals surface area contributed by atoms with Gasteiger partial charge in [-0.3, -0.25) is 9.59 Å². The predicted octanol–water partition coefficient (Wildman–Crippen LogP) is 1.73. The van der Waals surface area contributed by atoms with Crippen LogP contribution in [0.25, 0.3) is 0 Å². The van der Waals surface area contributed by atoms with Gasteiger partial charge in [-0.15, -0.1) is 0 Å². The van der Waals surface area contributed by atoms with Gasteiger partial charge in [-0.1, -0.05) is 13.8 Å². The highest BCUT2D eigenvalue weighted by Gasteiger charge is 2.28. The van der Waals surface area contributed by atoms with Crippen LogP contribution in [0.1, 0.15) is 50.2 Å². The summed E-state index contributed by atoms with van der Waals surface area (Å²) < 4.78 is 10.2. The van der Waals surface area contributed by atoms with Gasteiger partial charge in [-0.2, -0.15) is 0 Å². The number of esters is 2. The van der Waals surface area contributed by atoms with Gasteiger partial charge < -0.3 is 19.9 Å². The molecular formula is C18H26N2O6. The van der Waals surface area contributed by atoms with Crippen molar-refractivity contribution >= 4 is 17.8 Å². The zero-order valence-corrected chi connectivity index (χ0v) is 15.7. The van der Waals surface area contributed by atoms with E-state index in [9.17, 15) is 19.5 Å². The van der Waals surface area contributed by atoms with E-state index in [4.69, 9.17) is 9.47 Å². The van der Waals surface area contributed by atoms with Gasteiger partial charge in [-0.25, -0.2) is 9.78 Å². The van der Waals surface area contributed by atoms with Crippen LogP contribution < -0.4 is 5.32 Å². The Morgan fingerprint density at radius 3 is 2.46 bits per heavy atom. The SMILES string of the molecule is CCC(C)C(=O)OCC(NC(=O)c1nccc(C)c1O)C(=O)OC(C)C. The molecule has 144 valence electrons. The average molecular weight is 366 g/mol. The van der Waals surface area contributed by atoms with Crippen molar-refractivity contribution in [2.45, 2.75) is 53.2 Å². The summed E-state index contributed by atoms with van der Waals surface area (Å²) >= 11 is 0. The first-order valence-electron chi connectivity index (χ1n) is 8.49. The molecule has 0 radical (unpaired) electrons. The van der Waals surface area contributed by atoms with Crippen molar-refractivity contribution in [1.29, 1.82) is 0 Å². The van der Waals surface area contributed by atoms with Crippen LogP contribution in [0.4, 0.5) is 0 Å². The number of aromatic nitrogens is 1. The number of aryl methyl sites for hydroxylation is 1. The molecule has 1 aromatic heterocycles. The van der Waals surface area contributed by atoms with Crippen molar-refractivity contribution in [3.8, 4) is 5.75 Å². The molecule has 2 atom stereocenters. The van der Waals surface area contributed by atoms with Crippen molar-refractivity contribution in [1.82, 2.24) is 10.3 Å². The Morgan fingerprint density at radius 2 is 1.88 bits per heavy atom. The number of hydrogen-bond acceptors (Lipinski definition) is 7. The molecule has 1 amide bonds. The lowest BCUT2D eigenvalue weighted by Gasteiger charge is -2.20. The maximum atomic E-state index is 12.4. The molecule has 2 N–H and O–H groups in total. The van der Waals surface area contributed by atoms with E-state index >= 15 is 0 Å². The normalized spacial score (nSPS) is 13.0. The van der Waals surface area contributed by atoms with Gasteiger partial charge in [0.2, 0.25) is 0 Å². The molecule has 0 aromatic carbocycles. The van der Waals surface area contributed by atoms with Crippen LogP contribution in [0.5, 0.6) is 5.75 Å². The Labute approximate surface area is 152 Å². The lowest BCUT2D eigenvalue weighted by molar-refractivity contribution is -0.156. The summed E-state index contributed by atoms with van der Waals surface area (Å²) in [5, 5.41) is 12.4. The number of carbonyl (C=O) groups excluding carboxylic acids is 3. The number of carbonyl (C=O) groups is 3. The topological polar surface area (TPSA) is 115 Å². The van der Waals surface area contributed by atoms with Gasteiger partial charge >= 0.3 is 11.9 Å². The van der Waals surface area contributed by atoms with Gasteiger partial charge in [0, 0.05) is 6.20 Å². The molecule has 26 heavy (non-hydrogen) atoms. The third-order valence-corrected chi connectivity index (χ3v) is 3.69. The fraction of sp³-hybridized carbons (Fsp3) is 0.556. The largest absolute Gasteiger partial charge is 0.505 e. The van der Waals surface area contributed by atoms with Gasteiger partial charge in [0.05, 0.1) is 12.0 Å². The minimum absolute atomic E-state index is 0.222. The molecule has 1 heterocycles. The molecule has 0 aliphatic rings. The minimum atomic E-state index is -1.21. The Bertz CT molecular complexity index is 659. The van der Waals surface area contributed by atoms with Gasteiger partial charge in [0.25, 0.3) is 5.91 Å². The van der Waals surface area contributed by atoms with Crippen molar-refractivity contribution in [2.24, 2.45) is 5.92 Å². The van der Waals surface area contributed by atoms with E-state index in [1.54, 1.807) is 33.8 Å². The Kier molecular flexibility index (Phi) is 8.02. The minimum Gasteiger partial charge on any atom is -0.505 e. The molecule has 8 nitrogen and oxygen atoms in total. The summed E-state index contributed by atoms with van der Waals surface area (Å²) in [5.74, 6) is -2.58. The van der Waals surface area contributed by atoms with Crippen molar-refractivity contribution < 1.29 is 29.0 Å². The van der Waals surface area contributed by atoms with Crippen LogP contribution >= 0.6 is 0 Å². The van der Waals surface area contributed by atoms with Gasteiger partial charge in [0.1, 0.15) is 12.4 Å². The first kappa shape index (κ1) is 21.4. The Balaban J connectivity index is 2.90. The van der Waals surface area contributed by atoms with Crippen LogP contribution in [-0.4, -0.2) is 46.7 Å². The van der Waals surface area contributed by atoms with E-state index < -0.39 is 30.0 Å². The average Bonchev–Trinajstić information content (AvgIpc) is 2.58. The number of aromatic hydroxyl groups is 1. The molecule has 0 aliphatic heterocycles. The van der Waals surface area contributed by atoms with Crippen molar-refractivity contribution in [3.63, 3.8) is 0 Å². The van der Waals surface area contributed by atoms with Crippen molar-refractivity contribution in [2.75, 3.05) is 6.61 Å². The number of hydrogen-bond donors (Lipinski definition) is 2. The summed E-state index contributed by atoms with van der Waals surface area (Å²) in [6.45, 7) is 8.12. The fourth-order valence-electron chi connectivity index (χ4n) is 1.90. The van der Waals surface area contributed by atoms with E-state index in [2.05, 4.69) is 10.3 Å². The number of pyridine rings is 1. The van der Waals surface area contributed by atoms with Crippen LogP contribution in [-0.2, 0) is 19.1 Å². The van der Waals surface area contributed by atoms with Gasteiger partial charge in [-0.05, 0) is 38.8 Å².